The quantitative estimate of drug-likeness (QED) is 0.548. The molecule has 1 atom stereocenters. The number of hydrogen-bond acceptors (Lipinski definition) is 5. The summed E-state index contributed by atoms with van der Waals surface area (Å²) in [6.07, 6.45) is -4.44. The van der Waals surface area contributed by atoms with Gasteiger partial charge in [0.2, 0.25) is 11.2 Å². The molecule has 0 saturated heterocycles. The van der Waals surface area contributed by atoms with Gasteiger partial charge in [0.15, 0.2) is 0 Å². The fourth-order valence-corrected chi connectivity index (χ4v) is 2.31. The third-order valence-electron chi connectivity index (χ3n) is 3.18. The van der Waals surface area contributed by atoms with Crippen LogP contribution >= 0.6 is 0 Å². The Morgan fingerprint density at radius 2 is 1.40 bits per heavy atom. The minimum absolute atomic E-state index is 0.164. The second-order valence-corrected chi connectivity index (χ2v) is 6.49. The van der Waals surface area contributed by atoms with Crippen LogP contribution in [0.1, 0.15) is 15.9 Å². The molecule has 2 aromatic rings. The van der Waals surface area contributed by atoms with Crippen molar-refractivity contribution in [2.24, 2.45) is 0 Å². The fourth-order valence-electron chi connectivity index (χ4n) is 1.90. The second kappa shape index (κ2) is 6.82. The minimum atomic E-state index is -4.93. The maximum Gasteiger partial charge on any atom is 0.416 e. The molecular formula is C15H12F3NO5S. The number of anilines is 2. The summed E-state index contributed by atoms with van der Waals surface area (Å²) in [6.45, 7) is 0. The molecule has 0 saturated carbocycles. The molecule has 6 nitrogen and oxygen atoms in total. The van der Waals surface area contributed by atoms with E-state index >= 15 is 0 Å². The lowest BCUT2D eigenvalue weighted by molar-refractivity contribution is -0.137. The number of rotatable bonds is 5. The van der Waals surface area contributed by atoms with Crippen LogP contribution in [0.4, 0.5) is 24.5 Å². The average Bonchev–Trinajstić information content (AvgIpc) is 2.53. The molecule has 0 bridgehead atoms. The topological polar surface area (TPSA) is 104 Å². The third kappa shape index (κ3) is 4.78. The molecule has 3 N–H and O–H groups in total. The summed E-state index contributed by atoms with van der Waals surface area (Å²) in [6, 6.07) is 9.38. The SMILES string of the molecule is O=C(c1ccc(Nc2ccc(C(F)(F)F)cc2)cc1)C(O)S(=O)(=O)O. The smallest absolute Gasteiger partial charge is 0.369 e. The van der Waals surface area contributed by atoms with Gasteiger partial charge in [0.1, 0.15) is 0 Å². The number of Topliss-reactive ketones (excluding diaryl/α,β-unsaturated/α-hetero) is 1. The van der Waals surface area contributed by atoms with E-state index < -0.39 is 33.1 Å². The van der Waals surface area contributed by atoms with Crippen molar-refractivity contribution in [3.63, 3.8) is 0 Å². The van der Waals surface area contributed by atoms with Gasteiger partial charge in [-0.05, 0) is 48.5 Å². The van der Waals surface area contributed by atoms with E-state index in [1.807, 2.05) is 0 Å². The first-order valence-electron chi connectivity index (χ1n) is 6.71. The van der Waals surface area contributed by atoms with Crippen LogP contribution in [0.2, 0.25) is 0 Å². The summed E-state index contributed by atoms with van der Waals surface area (Å²) in [5.41, 5.74) is -2.76. The van der Waals surface area contributed by atoms with Crippen molar-refractivity contribution < 1.29 is 36.0 Å². The molecule has 134 valence electrons. The lowest BCUT2D eigenvalue weighted by Gasteiger charge is -2.10. The number of carbonyl (C=O) groups excluding carboxylic acids is 1. The van der Waals surface area contributed by atoms with E-state index in [9.17, 15) is 31.5 Å². The largest absolute Gasteiger partial charge is 0.416 e. The summed E-state index contributed by atoms with van der Waals surface area (Å²) in [5, 5.41) is 12.0. The predicted octanol–water partition coefficient (Wildman–Crippen LogP) is 2.84. The zero-order chi connectivity index (χ0) is 18.8. The Labute approximate surface area is 140 Å². The second-order valence-electron chi connectivity index (χ2n) is 5.01. The van der Waals surface area contributed by atoms with Crippen molar-refractivity contribution in [1.29, 1.82) is 0 Å². The van der Waals surface area contributed by atoms with E-state index in [0.717, 1.165) is 12.1 Å². The van der Waals surface area contributed by atoms with Crippen LogP contribution in [0.15, 0.2) is 48.5 Å². The number of aliphatic hydroxyl groups excluding tert-OH is 1. The van der Waals surface area contributed by atoms with Crippen LogP contribution in [-0.2, 0) is 16.3 Å². The fraction of sp³-hybridized carbons (Fsp3) is 0.133. The Morgan fingerprint density at radius 3 is 1.80 bits per heavy atom. The number of halogens is 3. The molecule has 2 aromatic carbocycles. The lowest BCUT2D eigenvalue weighted by atomic mass is 10.1. The summed E-state index contributed by atoms with van der Waals surface area (Å²) in [7, 11) is -4.93. The number of nitrogens with one attached hydrogen (secondary N) is 1. The van der Waals surface area contributed by atoms with E-state index in [1.54, 1.807) is 0 Å². The van der Waals surface area contributed by atoms with Crippen LogP contribution in [-0.4, -0.2) is 29.3 Å². The maximum atomic E-state index is 12.5. The lowest BCUT2D eigenvalue weighted by Crippen LogP contribution is -2.29. The van der Waals surface area contributed by atoms with Gasteiger partial charge in [0.25, 0.3) is 10.1 Å². The first kappa shape index (κ1) is 18.9. The number of alkyl halides is 3. The van der Waals surface area contributed by atoms with Gasteiger partial charge in [-0.1, -0.05) is 0 Å². The van der Waals surface area contributed by atoms with Crippen LogP contribution in [0, 0.1) is 0 Å². The monoisotopic (exact) mass is 375 g/mol. The van der Waals surface area contributed by atoms with Crippen LogP contribution in [0.5, 0.6) is 0 Å². The Bertz CT molecular complexity index is 862. The van der Waals surface area contributed by atoms with E-state index in [2.05, 4.69) is 5.32 Å². The van der Waals surface area contributed by atoms with Gasteiger partial charge in [-0.15, -0.1) is 0 Å². The van der Waals surface area contributed by atoms with E-state index in [-0.39, 0.29) is 5.56 Å². The van der Waals surface area contributed by atoms with E-state index in [0.29, 0.717) is 11.4 Å². The van der Waals surface area contributed by atoms with Crippen LogP contribution in [0.25, 0.3) is 0 Å². The number of carbonyl (C=O) groups is 1. The molecule has 2 rings (SSSR count). The Hall–Kier alpha value is -2.43. The Morgan fingerprint density at radius 1 is 0.960 bits per heavy atom. The minimum Gasteiger partial charge on any atom is -0.369 e. The zero-order valence-corrected chi connectivity index (χ0v) is 13.2. The molecule has 0 fully saturated rings. The molecule has 0 aliphatic rings. The van der Waals surface area contributed by atoms with Gasteiger partial charge in [-0.3, -0.25) is 9.35 Å². The molecule has 0 heterocycles. The maximum absolute atomic E-state index is 12.5. The van der Waals surface area contributed by atoms with Gasteiger partial charge in [-0.25, -0.2) is 0 Å². The van der Waals surface area contributed by atoms with Gasteiger partial charge in [0, 0.05) is 16.9 Å². The highest BCUT2D eigenvalue weighted by Gasteiger charge is 2.30. The van der Waals surface area contributed by atoms with Crippen molar-refractivity contribution in [2.45, 2.75) is 11.6 Å². The molecule has 10 heteroatoms. The van der Waals surface area contributed by atoms with Gasteiger partial charge < -0.3 is 10.4 Å². The van der Waals surface area contributed by atoms with Gasteiger partial charge in [0.05, 0.1) is 5.56 Å². The van der Waals surface area contributed by atoms with E-state index in [4.69, 9.17) is 4.55 Å². The molecule has 0 aliphatic heterocycles. The molecule has 25 heavy (non-hydrogen) atoms. The van der Waals surface area contributed by atoms with Crippen LogP contribution in [0.3, 0.4) is 0 Å². The molecule has 0 radical (unpaired) electrons. The molecule has 0 aliphatic carbocycles. The third-order valence-corrected chi connectivity index (χ3v) is 3.96. The standard InChI is InChI=1S/C15H12F3NO5S/c16-15(17,18)10-3-7-12(8-4-10)19-11-5-1-9(2-6-11)13(20)14(21)25(22,23)24/h1-8,14,19,21H,(H,22,23,24). The summed E-state index contributed by atoms with van der Waals surface area (Å²) < 4.78 is 67.6. The molecule has 0 aromatic heterocycles. The molecule has 1 unspecified atom stereocenters. The Kier molecular flexibility index (Phi) is 5.16. The first-order chi connectivity index (χ1) is 11.5. The van der Waals surface area contributed by atoms with E-state index in [1.165, 1.54) is 36.4 Å². The van der Waals surface area contributed by atoms with Crippen molar-refractivity contribution in [2.75, 3.05) is 5.32 Å². The number of ketones is 1. The highest BCUT2D eigenvalue weighted by Crippen LogP contribution is 2.30. The molecule has 0 spiro atoms. The van der Waals surface area contributed by atoms with Gasteiger partial charge in [-0.2, -0.15) is 21.6 Å². The average molecular weight is 375 g/mol. The van der Waals surface area contributed by atoms with Crippen molar-refractivity contribution >= 4 is 27.3 Å². The molecular weight excluding hydrogens is 363 g/mol. The predicted molar refractivity (Wildman–Crippen MR) is 83.1 cm³/mol. The number of hydrogen-bond donors (Lipinski definition) is 3. The zero-order valence-electron chi connectivity index (χ0n) is 12.4. The summed E-state index contributed by atoms with van der Waals surface area (Å²) in [5.74, 6) is -1.21. The highest BCUT2D eigenvalue weighted by atomic mass is 32.2. The molecule has 0 amide bonds. The summed E-state index contributed by atoms with van der Waals surface area (Å²) in [4.78, 5) is 11.7. The Balaban J connectivity index is 2.12. The normalized spacial score (nSPS) is 13.3. The number of benzene rings is 2. The van der Waals surface area contributed by atoms with Gasteiger partial charge >= 0.3 is 6.18 Å². The van der Waals surface area contributed by atoms with Crippen LogP contribution < -0.4 is 5.32 Å². The van der Waals surface area contributed by atoms with Crippen molar-refractivity contribution in [3.05, 3.63) is 59.7 Å². The summed E-state index contributed by atoms with van der Waals surface area (Å²) >= 11 is 0. The number of aliphatic hydroxyl groups is 1. The highest BCUT2D eigenvalue weighted by molar-refractivity contribution is 7.87. The van der Waals surface area contributed by atoms with Crippen molar-refractivity contribution in [1.82, 2.24) is 0 Å². The first-order valence-corrected chi connectivity index (χ1v) is 8.22. The van der Waals surface area contributed by atoms with Crippen molar-refractivity contribution in [3.8, 4) is 0 Å².